The lowest BCUT2D eigenvalue weighted by Crippen LogP contribution is -2.41. The molecule has 0 radical (unpaired) electrons. The van der Waals surface area contributed by atoms with Crippen LogP contribution in [0.4, 0.5) is 0 Å². The summed E-state index contributed by atoms with van der Waals surface area (Å²) in [5.74, 6) is 0.311. The topological polar surface area (TPSA) is 45.2 Å². The number of ether oxygens (including phenoxy) is 2. The van der Waals surface area contributed by atoms with Crippen molar-refractivity contribution in [2.45, 2.75) is 12.5 Å². The van der Waals surface area contributed by atoms with Crippen LogP contribution in [0.1, 0.15) is 18.1 Å². The van der Waals surface area contributed by atoms with Crippen molar-refractivity contribution in [2.24, 2.45) is 0 Å². The van der Waals surface area contributed by atoms with E-state index in [1.54, 1.807) is 6.07 Å². The van der Waals surface area contributed by atoms with E-state index in [1.165, 1.54) is 6.42 Å². The summed E-state index contributed by atoms with van der Waals surface area (Å²) in [7, 11) is 0. The van der Waals surface area contributed by atoms with Gasteiger partial charge in [-0.3, -0.25) is 9.80 Å². The van der Waals surface area contributed by atoms with Gasteiger partial charge in [0.25, 0.3) is 0 Å². The average Bonchev–Trinajstić information content (AvgIpc) is 2.56. The van der Waals surface area contributed by atoms with Gasteiger partial charge in [0.05, 0.1) is 25.9 Å². The van der Waals surface area contributed by atoms with Crippen LogP contribution in [0.15, 0.2) is 24.3 Å². The van der Waals surface area contributed by atoms with Gasteiger partial charge < -0.3 is 14.6 Å². The average molecular weight is 306 g/mol. The van der Waals surface area contributed by atoms with E-state index in [0.29, 0.717) is 5.75 Å². The fourth-order valence-corrected chi connectivity index (χ4v) is 3.18. The zero-order valence-electron chi connectivity index (χ0n) is 13.1. The van der Waals surface area contributed by atoms with Crippen molar-refractivity contribution in [1.82, 2.24) is 9.80 Å². The van der Waals surface area contributed by atoms with Crippen molar-refractivity contribution in [3.8, 4) is 5.75 Å². The van der Waals surface area contributed by atoms with Gasteiger partial charge in [0.2, 0.25) is 0 Å². The Morgan fingerprint density at radius 2 is 1.82 bits per heavy atom. The molecule has 2 saturated heterocycles. The van der Waals surface area contributed by atoms with Crippen LogP contribution in [0, 0.1) is 0 Å². The molecule has 1 atom stereocenters. The molecule has 0 aliphatic carbocycles. The molecule has 3 rings (SSSR count). The largest absolute Gasteiger partial charge is 0.508 e. The van der Waals surface area contributed by atoms with Crippen LogP contribution in [-0.4, -0.2) is 74.0 Å². The molecule has 2 heterocycles. The van der Waals surface area contributed by atoms with Crippen molar-refractivity contribution in [2.75, 3.05) is 59.1 Å². The molecule has 0 bridgehead atoms. The van der Waals surface area contributed by atoms with Crippen LogP contribution in [0.25, 0.3) is 0 Å². The molecule has 2 aliphatic rings. The lowest BCUT2D eigenvalue weighted by Gasteiger charge is -2.34. The van der Waals surface area contributed by atoms with E-state index < -0.39 is 0 Å². The molecule has 1 aromatic rings. The monoisotopic (exact) mass is 306 g/mol. The Morgan fingerprint density at radius 3 is 2.64 bits per heavy atom. The Labute approximate surface area is 132 Å². The predicted octanol–water partition coefficient (Wildman–Crippen LogP) is 1.49. The number of morpholine rings is 2. The Morgan fingerprint density at radius 1 is 1.05 bits per heavy atom. The van der Waals surface area contributed by atoms with Crippen LogP contribution in [-0.2, 0) is 9.47 Å². The van der Waals surface area contributed by atoms with Crippen molar-refractivity contribution < 1.29 is 14.6 Å². The summed E-state index contributed by atoms with van der Waals surface area (Å²) in [5.41, 5.74) is 1.07. The van der Waals surface area contributed by atoms with E-state index in [-0.39, 0.29) is 6.10 Å². The molecule has 0 amide bonds. The van der Waals surface area contributed by atoms with Crippen LogP contribution in [0.3, 0.4) is 0 Å². The first-order valence-corrected chi connectivity index (χ1v) is 8.24. The normalized spacial score (nSPS) is 24.5. The number of phenols is 1. The summed E-state index contributed by atoms with van der Waals surface area (Å²) in [6.45, 7) is 8.80. The molecule has 5 nitrogen and oxygen atoms in total. The van der Waals surface area contributed by atoms with E-state index in [9.17, 15) is 5.11 Å². The van der Waals surface area contributed by atoms with Crippen molar-refractivity contribution in [3.05, 3.63) is 29.8 Å². The SMILES string of the molecule is Oc1cccc([C@H]2CN(CCCN3CCOCC3)CCO2)c1. The lowest BCUT2D eigenvalue weighted by molar-refractivity contribution is -0.0318. The zero-order chi connectivity index (χ0) is 15.2. The molecular formula is C17H26N2O3. The van der Waals surface area contributed by atoms with Crippen molar-refractivity contribution in [1.29, 1.82) is 0 Å². The smallest absolute Gasteiger partial charge is 0.115 e. The molecule has 5 heteroatoms. The molecule has 22 heavy (non-hydrogen) atoms. The Hall–Kier alpha value is -1.14. The van der Waals surface area contributed by atoms with Gasteiger partial charge in [-0.25, -0.2) is 0 Å². The van der Waals surface area contributed by atoms with E-state index in [1.807, 2.05) is 18.2 Å². The lowest BCUT2D eigenvalue weighted by atomic mass is 10.1. The maximum absolute atomic E-state index is 9.61. The Kier molecular flexibility index (Phi) is 5.67. The van der Waals surface area contributed by atoms with Crippen molar-refractivity contribution >= 4 is 0 Å². The number of hydrogen-bond acceptors (Lipinski definition) is 5. The maximum Gasteiger partial charge on any atom is 0.115 e. The first kappa shape index (κ1) is 15.7. The van der Waals surface area contributed by atoms with Gasteiger partial charge in [-0.15, -0.1) is 0 Å². The second-order valence-electron chi connectivity index (χ2n) is 6.06. The zero-order valence-corrected chi connectivity index (χ0v) is 13.1. The highest BCUT2D eigenvalue weighted by Gasteiger charge is 2.22. The Bertz CT molecular complexity index is 463. The molecule has 0 aromatic heterocycles. The summed E-state index contributed by atoms with van der Waals surface area (Å²) in [6, 6.07) is 7.42. The Balaban J connectivity index is 1.44. The third-order valence-corrected chi connectivity index (χ3v) is 4.44. The fourth-order valence-electron chi connectivity index (χ4n) is 3.18. The number of hydrogen-bond donors (Lipinski definition) is 1. The first-order chi connectivity index (χ1) is 10.8. The van der Waals surface area contributed by atoms with Gasteiger partial charge in [0, 0.05) is 26.2 Å². The third kappa shape index (κ3) is 4.43. The van der Waals surface area contributed by atoms with E-state index in [4.69, 9.17) is 9.47 Å². The molecule has 0 saturated carbocycles. The fraction of sp³-hybridized carbons (Fsp3) is 0.647. The highest BCUT2D eigenvalue weighted by Crippen LogP contribution is 2.24. The summed E-state index contributed by atoms with van der Waals surface area (Å²) >= 11 is 0. The maximum atomic E-state index is 9.61. The van der Waals surface area contributed by atoms with Gasteiger partial charge in [-0.05, 0) is 37.2 Å². The van der Waals surface area contributed by atoms with Crippen LogP contribution in [0.5, 0.6) is 5.75 Å². The molecule has 122 valence electrons. The minimum absolute atomic E-state index is 0.0734. The second-order valence-corrected chi connectivity index (χ2v) is 6.06. The molecule has 1 aromatic carbocycles. The van der Waals surface area contributed by atoms with E-state index >= 15 is 0 Å². The van der Waals surface area contributed by atoms with Gasteiger partial charge >= 0.3 is 0 Å². The number of aromatic hydroxyl groups is 1. The third-order valence-electron chi connectivity index (χ3n) is 4.44. The molecule has 2 fully saturated rings. The van der Waals surface area contributed by atoms with Gasteiger partial charge in [-0.1, -0.05) is 12.1 Å². The summed E-state index contributed by atoms with van der Waals surface area (Å²) in [4.78, 5) is 4.95. The number of benzene rings is 1. The van der Waals surface area contributed by atoms with Crippen LogP contribution >= 0.6 is 0 Å². The highest BCUT2D eigenvalue weighted by atomic mass is 16.5. The number of phenolic OH excluding ortho intramolecular Hbond substituents is 1. The predicted molar refractivity (Wildman–Crippen MR) is 85.1 cm³/mol. The molecule has 0 spiro atoms. The second kappa shape index (κ2) is 7.92. The van der Waals surface area contributed by atoms with Crippen molar-refractivity contribution in [3.63, 3.8) is 0 Å². The molecule has 2 aliphatic heterocycles. The van der Waals surface area contributed by atoms with E-state index in [2.05, 4.69) is 9.80 Å². The highest BCUT2D eigenvalue weighted by molar-refractivity contribution is 5.29. The molecule has 0 unspecified atom stereocenters. The van der Waals surface area contributed by atoms with E-state index in [0.717, 1.165) is 64.7 Å². The van der Waals surface area contributed by atoms with Gasteiger partial charge in [0.1, 0.15) is 5.75 Å². The summed E-state index contributed by atoms with van der Waals surface area (Å²) < 4.78 is 11.2. The van der Waals surface area contributed by atoms with Gasteiger partial charge in [-0.2, -0.15) is 0 Å². The van der Waals surface area contributed by atoms with Gasteiger partial charge in [0.15, 0.2) is 0 Å². The number of rotatable bonds is 5. The van der Waals surface area contributed by atoms with Crippen LogP contribution < -0.4 is 0 Å². The minimum Gasteiger partial charge on any atom is -0.508 e. The molecule has 1 N–H and O–H groups in total. The number of nitrogens with zero attached hydrogens (tertiary/aromatic N) is 2. The summed E-state index contributed by atoms with van der Waals surface area (Å²) in [6.07, 6.45) is 1.26. The van der Waals surface area contributed by atoms with Crippen LogP contribution in [0.2, 0.25) is 0 Å². The summed E-state index contributed by atoms with van der Waals surface area (Å²) in [5, 5.41) is 9.61. The minimum atomic E-state index is 0.0734. The molecular weight excluding hydrogens is 280 g/mol. The quantitative estimate of drug-likeness (QED) is 0.893. The first-order valence-electron chi connectivity index (χ1n) is 8.24. The standard InChI is InChI=1S/C17H26N2O3/c20-16-4-1-3-15(13-16)17-14-19(9-12-22-17)6-2-5-18-7-10-21-11-8-18/h1,3-4,13,17,20H,2,5-12,14H2/t17-/m1/s1.